The number of halogens is 2. The molecule has 0 fully saturated rings. The molecule has 0 aliphatic rings. The number of rotatable bonds is 5. The number of hydrogen-bond acceptors (Lipinski definition) is 2. The van der Waals surface area contributed by atoms with Crippen molar-refractivity contribution in [3.63, 3.8) is 0 Å². The molecule has 0 radical (unpaired) electrons. The second-order valence-electron chi connectivity index (χ2n) is 3.05. The number of esters is 1. The van der Waals surface area contributed by atoms with E-state index in [-0.39, 0.29) is 12.4 Å². The van der Waals surface area contributed by atoms with Crippen LogP contribution in [0.2, 0.25) is 0 Å². The molecule has 82 valence electrons. The molecular weight excluding hydrogens is 235 g/mol. The van der Waals surface area contributed by atoms with Crippen molar-refractivity contribution < 1.29 is 9.53 Å². The van der Waals surface area contributed by atoms with Gasteiger partial charge in [-0.15, -0.1) is 23.2 Å². The van der Waals surface area contributed by atoms with Gasteiger partial charge in [-0.1, -0.05) is 30.3 Å². The lowest BCUT2D eigenvalue weighted by atomic mass is 10.2. The standard InChI is InChI=1S/C11H12Cl2O2/c12-10(13)8-11(14)15-7-6-9-4-2-1-3-5-9/h1-5,10H,6-8H2. The van der Waals surface area contributed by atoms with Crippen molar-refractivity contribution in [2.75, 3.05) is 6.61 Å². The summed E-state index contributed by atoms with van der Waals surface area (Å²) in [5.41, 5.74) is 1.14. The Hall–Kier alpha value is -0.730. The molecule has 0 spiro atoms. The van der Waals surface area contributed by atoms with Crippen molar-refractivity contribution in [2.24, 2.45) is 0 Å². The molecule has 4 heteroatoms. The zero-order valence-electron chi connectivity index (χ0n) is 8.16. The molecule has 0 amide bonds. The summed E-state index contributed by atoms with van der Waals surface area (Å²) in [6.07, 6.45) is 0.750. The fraction of sp³-hybridized carbons (Fsp3) is 0.364. The van der Waals surface area contributed by atoms with E-state index in [0.29, 0.717) is 13.0 Å². The van der Waals surface area contributed by atoms with E-state index in [0.717, 1.165) is 5.56 Å². The summed E-state index contributed by atoms with van der Waals surface area (Å²) < 4.78 is 4.95. The third-order valence-electron chi connectivity index (χ3n) is 1.82. The van der Waals surface area contributed by atoms with E-state index in [1.54, 1.807) is 0 Å². The zero-order chi connectivity index (χ0) is 11.1. The van der Waals surface area contributed by atoms with E-state index in [4.69, 9.17) is 27.9 Å². The van der Waals surface area contributed by atoms with Gasteiger partial charge in [0.25, 0.3) is 0 Å². The van der Waals surface area contributed by atoms with Crippen LogP contribution in [0.5, 0.6) is 0 Å². The van der Waals surface area contributed by atoms with Crippen molar-refractivity contribution in [1.29, 1.82) is 0 Å². The SMILES string of the molecule is O=C(CC(Cl)Cl)OCCc1ccccc1. The Morgan fingerprint density at radius 1 is 1.27 bits per heavy atom. The zero-order valence-corrected chi connectivity index (χ0v) is 9.67. The van der Waals surface area contributed by atoms with Crippen LogP contribution in [0.15, 0.2) is 30.3 Å². The number of benzene rings is 1. The molecule has 1 aromatic rings. The first-order chi connectivity index (χ1) is 7.18. The molecule has 0 aliphatic heterocycles. The second-order valence-corrected chi connectivity index (χ2v) is 4.33. The molecule has 0 heterocycles. The summed E-state index contributed by atoms with van der Waals surface area (Å²) in [5.74, 6) is -0.360. The predicted octanol–water partition coefficient (Wildman–Crippen LogP) is 2.97. The summed E-state index contributed by atoms with van der Waals surface area (Å²) >= 11 is 10.9. The van der Waals surface area contributed by atoms with E-state index in [9.17, 15) is 4.79 Å². The maximum atomic E-state index is 11.1. The molecule has 1 rings (SSSR count). The smallest absolute Gasteiger partial charge is 0.308 e. The molecule has 0 unspecified atom stereocenters. The number of carbonyl (C=O) groups is 1. The highest BCUT2D eigenvalue weighted by molar-refractivity contribution is 6.45. The molecule has 0 aliphatic carbocycles. The van der Waals surface area contributed by atoms with Crippen LogP contribution >= 0.6 is 23.2 Å². The molecule has 0 atom stereocenters. The highest BCUT2D eigenvalue weighted by atomic mass is 35.5. The van der Waals surface area contributed by atoms with Gasteiger partial charge in [0.05, 0.1) is 13.0 Å². The van der Waals surface area contributed by atoms with E-state index < -0.39 is 4.84 Å². The molecule has 1 aromatic carbocycles. The largest absolute Gasteiger partial charge is 0.465 e. The van der Waals surface area contributed by atoms with Crippen LogP contribution in [0.3, 0.4) is 0 Å². The minimum atomic E-state index is -0.686. The Balaban J connectivity index is 2.19. The molecule has 0 aromatic heterocycles. The van der Waals surface area contributed by atoms with Crippen LogP contribution in [0.4, 0.5) is 0 Å². The predicted molar refractivity (Wildman–Crippen MR) is 61.2 cm³/mol. The highest BCUT2D eigenvalue weighted by Crippen LogP contribution is 2.08. The fourth-order valence-electron chi connectivity index (χ4n) is 1.11. The summed E-state index contributed by atoms with van der Waals surface area (Å²) in [6, 6.07) is 9.82. The Kier molecular flexibility index (Phi) is 5.51. The summed E-state index contributed by atoms with van der Waals surface area (Å²) in [5, 5.41) is 0. The van der Waals surface area contributed by atoms with Crippen LogP contribution in [0, 0.1) is 0 Å². The van der Waals surface area contributed by atoms with Crippen LogP contribution in [0.25, 0.3) is 0 Å². The van der Waals surface area contributed by atoms with Crippen LogP contribution in [0.1, 0.15) is 12.0 Å². The molecule has 0 bridgehead atoms. The van der Waals surface area contributed by atoms with Gasteiger partial charge in [0.15, 0.2) is 0 Å². The number of alkyl halides is 2. The van der Waals surface area contributed by atoms with Crippen LogP contribution in [-0.2, 0) is 16.0 Å². The Labute approximate surface area is 99.1 Å². The lowest BCUT2D eigenvalue weighted by Crippen LogP contribution is -2.10. The van der Waals surface area contributed by atoms with Gasteiger partial charge < -0.3 is 4.74 Å². The van der Waals surface area contributed by atoms with E-state index in [1.807, 2.05) is 30.3 Å². The fourth-order valence-corrected chi connectivity index (χ4v) is 1.36. The van der Waals surface area contributed by atoms with Crippen LogP contribution in [-0.4, -0.2) is 17.4 Å². The van der Waals surface area contributed by atoms with E-state index in [1.165, 1.54) is 0 Å². The number of carbonyl (C=O) groups excluding carboxylic acids is 1. The van der Waals surface area contributed by atoms with E-state index >= 15 is 0 Å². The Bertz CT molecular complexity index is 299. The summed E-state index contributed by atoms with van der Waals surface area (Å²) in [6.45, 7) is 0.364. The van der Waals surface area contributed by atoms with Crippen molar-refractivity contribution in [3.8, 4) is 0 Å². The number of hydrogen-bond donors (Lipinski definition) is 0. The van der Waals surface area contributed by atoms with Gasteiger partial charge in [-0.3, -0.25) is 4.79 Å². The lowest BCUT2D eigenvalue weighted by molar-refractivity contribution is -0.143. The normalized spacial score (nSPS) is 10.3. The second kappa shape index (κ2) is 6.70. The van der Waals surface area contributed by atoms with Crippen LogP contribution < -0.4 is 0 Å². The monoisotopic (exact) mass is 246 g/mol. The Morgan fingerprint density at radius 2 is 1.93 bits per heavy atom. The van der Waals surface area contributed by atoms with Gasteiger partial charge in [-0.25, -0.2) is 0 Å². The minimum absolute atomic E-state index is 0.0396. The minimum Gasteiger partial charge on any atom is -0.465 e. The molecular formula is C11H12Cl2O2. The maximum Gasteiger partial charge on any atom is 0.308 e. The number of ether oxygens (including phenoxy) is 1. The lowest BCUT2D eigenvalue weighted by Gasteiger charge is -2.04. The quantitative estimate of drug-likeness (QED) is 0.590. The van der Waals surface area contributed by atoms with E-state index in [2.05, 4.69) is 0 Å². The molecule has 15 heavy (non-hydrogen) atoms. The van der Waals surface area contributed by atoms with Crippen molar-refractivity contribution in [1.82, 2.24) is 0 Å². The maximum absolute atomic E-state index is 11.1. The molecule has 2 nitrogen and oxygen atoms in total. The van der Waals surface area contributed by atoms with Gasteiger partial charge in [0.1, 0.15) is 4.84 Å². The molecule has 0 saturated heterocycles. The average molecular weight is 247 g/mol. The molecule has 0 N–H and O–H groups in total. The first-order valence-corrected chi connectivity index (χ1v) is 5.53. The first kappa shape index (κ1) is 12.3. The van der Waals surface area contributed by atoms with Gasteiger partial charge >= 0.3 is 5.97 Å². The van der Waals surface area contributed by atoms with Gasteiger partial charge in [0.2, 0.25) is 0 Å². The van der Waals surface area contributed by atoms with Crippen molar-refractivity contribution >= 4 is 29.2 Å². The third kappa shape index (κ3) is 5.65. The van der Waals surface area contributed by atoms with Crippen molar-refractivity contribution in [3.05, 3.63) is 35.9 Å². The topological polar surface area (TPSA) is 26.3 Å². The highest BCUT2D eigenvalue weighted by Gasteiger charge is 2.08. The average Bonchev–Trinajstić information content (AvgIpc) is 2.18. The summed E-state index contributed by atoms with van der Waals surface area (Å²) in [7, 11) is 0. The summed E-state index contributed by atoms with van der Waals surface area (Å²) in [4.78, 5) is 10.4. The van der Waals surface area contributed by atoms with Gasteiger partial charge in [-0.2, -0.15) is 0 Å². The first-order valence-electron chi connectivity index (χ1n) is 4.66. The van der Waals surface area contributed by atoms with Gasteiger partial charge in [0, 0.05) is 6.42 Å². The van der Waals surface area contributed by atoms with Crippen molar-refractivity contribution in [2.45, 2.75) is 17.7 Å². The molecule has 0 saturated carbocycles. The van der Waals surface area contributed by atoms with Gasteiger partial charge in [-0.05, 0) is 5.56 Å². The third-order valence-corrected chi connectivity index (χ3v) is 2.13. The Morgan fingerprint density at radius 3 is 2.53 bits per heavy atom.